The van der Waals surface area contributed by atoms with Crippen LogP contribution in [0.5, 0.6) is 0 Å². The lowest BCUT2D eigenvalue weighted by Gasteiger charge is -2.60. The van der Waals surface area contributed by atoms with E-state index < -0.39 is 28.5 Å². The van der Waals surface area contributed by atoms with Crippen LogP contribution in [0.3, 0.4) is 0 Å². The lowest BCUT2D eigenvalue weighted by atomic mass is 9.40. The van der Waals surface area contributed by atoms with E-state index in [1.54, 1.807) is 12.5 Å². The highest BCUT2D eigenvalue weighted by molar-refractivity contribution is 5.97. The third-order valence-electron chi connectivity index (χ3n) is 11.2. The van der Waals surface area contributed by atoms with Crippen LogP contribution in [0, 0.1) is 39.9 Å². The second-order valence-corrected chi connectivity index (χ2v) is 12.3. The number of hydrogen-bond donors (Lipinski definition) is 0. The molecule has 7 heteroatoms. The number of ketones is 1. The summed E-state index contributed by atoms with van der Waals surface area (Å²) in [4.78, 5) is 40.5. The Morgan fingerprint density at radius 2 is 1.91 bits per heavy atom. The lowest BCUT2D eigenvalue weighted by Crippen LogP contribution is -2.67. The summed E-state index contributed by atoms with van der Waals surface area (Å²) in [7, 11) is 1.39. The van der Waals surface area contributed by atoms with E-state index in [-0.39, 0.29) is 59.8 Å². The summed E-state index contributed by atoms with van der Waals surface area (Å²) in [5, 5.41) is 0. The molecule has 2 saturated heterocycles. The number of hydrogen-bond acceptors (Lipinski definition) is 7. The molecule has 1 aromatic heterocycles. The fraction of sp³-hybridized carbons (Fsp3) is 0.679. The Morgan fingerprint density at radius 1 is 1.14 bits per heavy atom. The molecule has 186 valence electrons. The van der Waals surface area contributed by atoms with Crippen molar-refractivity contribution in [2.24, 2.45) is 39.9 Å². The minimum Gasteiger partial charge on any atom is -0.472 e. The molecule has 0 spiro atoms. The lowest BCUT2D eigenvalue weighted by molar-refractivity contribution is -0.198. The van der Waals surface area contributed by atoms with E-state index in [0.29, 0.717) is 0 Å². The fourth-order valence-corrected chi connectivity index (χ4v) is 9.74. The second-order valence-electron chi connectivity index (χ2n) is 12.3. The molecule has 4 aliphatic carbocycles. The molecule has 7 nitrogen and oxygen atoms in total. The van der Waals surface area contributed by atoms with Gasteiger partial charge >= 0.3 is 11.9 Å². The summed E-state index contributed by atoms with van der Waals surface area (Å²) in [6.07, 6.45) is 4.03. The molecule has 0 N–H and O–H groups in total. The molecular weight excluding hydrogens is 448 g/mol. The Balaban J connectivity index is 1.45. The van der Waals surface area contributed by atoms with E-state index in [9.17, 15) is 14.4 Å². The van der Waals surface area contributed by atoms with Gasteiger partial charge in [0.05, 0.1) is 37.6 Å². The van der Waals surface area contributed by atoms with Crippen molar-refractivity contribution >= 4 is 17.7 Å². The molecule has 3 saturated carbocycles. The van der Waals surface area contributed by atoms with Gasteiger partial charge in [-0.25, -0.2) is 0 Å². The van der Waals surface area contributed by atoms with Crippen molar-refractivity contribution in [1.82, 2.24) is 0 Å². The van der Waals surface area contributed by atoms with E-state index >= 15 is 0 Å². The molecule has 3 heterocycles. The predicted molar refractivity (Wildman–Crippen MR) is 122 cm³/mol. The SMILES string of the molecule is COC(=O)C[C@H]1[C@]2(C)C3=C(C)[C@H](c4ccoc4)C[C@@H]3O[C@@H]2[C@@H]2OC(=O)[C@]3(C)C4CC4C(=O)[C@@]1(C)C23. The monoisotopic (exact) mass is 480 g/mol. The van der Waals surface area contributed by atoms with Crippen LogP contribution in [-0.4, -0.2) is 43.1 Å². The van der Waals surface area contributed by atoms with Gasteiger partial charge in [-0.05, 0) is 55.7 Å². The minimum absolute atomic E-state index is 0.0287. The van der Waals surface area contributed by atoms with E-state index in [1.165, 1.54) is 12.7 Å². The van der Waals surface area contributed by atoms with Crippen molar-refractivity contribution in [1.29, 1.82) is 0 Å². The van der Waals surface area contributed by atoms with E-state index in [2.05, 4.69) is 13.8 Å². The highest BCUT2D eigenvalue weighted by Gasteiger charge is 2.83. The van der Waals surface area contributed by atoms with Gasteiger partial charge in [0.15, 0.2) is 0 Å². The van der Waals surface area contributed by atoms with Crippen LogP contribution in [0.15, 0.2) is 34.2 Å². The highest BCUT2D eigenvalue weighted by atomic mass is 16.6. The summed E-state index contributed by atoms with van der Waals surface area (Å²) in [5.41, 5.74) is 1.22. The molecule has 2 aliphatic heterocycles. The smallest absolute Gasteiger partial charge is 0.312 e. The maximum Gasteiger partial charge on any atom is 0.312 e. The van der Waals surface area contributed by atoms with Gasteiger partial charge in [-0.15, -0.1) is 0 Å². The normalized spacial score (nSPS) is 50.9. The summed E-state index contributed by atoms with van der Waals surface area (Å²) in [6.45, 7) is 8.27. The van der Waals surface area contributed by atoms with Gasteiger partial charge in [-0.3, -0.25) is 14.4 Å². The Morgan fingerprint density at radius 3 is 2.60 bits per heavy atom. The molecule has 11 atom stereocenters. The third-order valence-corrected chi connectivity index (χ3v) is 11.2. The Hall–Kier alpha value is -2.41. The van der Waals surface area contributed by atoms with Crippen LogP contribution in [0.1, 0.15) is 58.4 Å². The average Bonchev–Trinajstić information content (AvgIpc) is 3.07. The van der Waals surface area contributed by atoms with Crippen LogP contribution in [0.25, 0.3) is 0 Å². The van der Waals surface area contributed by atoms with Gasteiger partial charge in [0.25, 0.3) is 0 Å². The third kappa shape index (κ3) is 2.26. The maximum absolute atomic E-state index is 14.1. The van der Waals surface area contributed by atoms with Gasteiger partial charge in [-0.2, -0.15) is 0 Å². The number of esters is 2. The number of allylic oxidation sites excluding steroid dienone is 1. The first-order valence-electron chi connectivity index (χ1n) is 12.8. The van der Waals surface area contributed by atoms with E-state index in [0.717, 1.165) is 24.0 Å². The van der Waals surface area contributed by atoms with Crippen LogP contribution >= 0.6 is 0 Å². The molecule has 0 aromatic carbocycles. The van der Waals surface area contributed by atoms with Crippen molar-refractivity contribution in [3.63, 3.8) is 0 Å². The molecule has 5 fully saturated rings. The highest BCUT2D eigenvalue weighted by Crippen LogP contribution is 2.77. The molecule has 0 radical (unpaired) electrons. The predicted octanol–water partition coefficient (Wildman–Crippen LogP) is 3.82. The topological polar surface area (TPSA) is 92.0 Å². The van der Waals surface area contributed by atoms with Gasteiger partial charge < -0.3 is 18.6 Å². The number of carbonyl (C=O) groups is 3. The van der Waals surface area contributed by atoms with Gasteiger partial charge in [0, 0.05) is 28.6 Å². The number of furan rings is 1. The zero-order chi connectivity index (χ0) is 24.7. The van der Waals surface area contributed by atoms with Crippen molar-refractivity contribution in [2.75, 3.05) is 7.11 Å². The first-order chi connectivity index (χ1) is 16.6. The second kappa shape index (κ2) is 6.47. The Labute approximate surface area is 204 Å². The summed E-state index contributed by atoms with van der Waals surface area (Å²) < 4.78 is 23.5. The molecule has 35 heavy (non-hydrogen) atoms. The molecule has 6 aliphatic rings. The number of ether oxygens (including phenoxy) is 3. The van der Waals surface area contributed by atoms with Crippen LogP contribution in [0.4, 0.5) is 0 Å². The van der Waals surface area contributed by atoms with Gasteiger partial charge in [0.1, 0.15) is 18.0 Å². The molecule has 7 rings (SSSR count). The molecule has 1 aromatic rings. The molecule has 0 bridgehead atoms. The summed E-state index contributed by atoms with van der Waals surface area (Å²) in [6, 6.07) is 1.99. The van der Waals surface area contributed by atoms with Crippen molar-refractivity contribution in [2.45, 2.75) is 71.2 Å². The Bertz CT molecular complexity index is 1200. The quantitative estimate of drug-likeness (QED) is 0.480. The first kappa shape index (κ1) is 21.8. The largest absolute Gasteiger partial charge is 0.472 e. The van der Waals surface area contributed by atoms with Gasteiger partial charge in [-0.1, -0.05) is 19.4 Å². The van der Waals surface area contributed by atoms with Crippen LogP contribution in [0.2, 0.25) is 0 Å². The number of carbonyl (C=O) groups excluding carboxylic acids is 3. The number of fused-ring (bicyclic) bond motifs is 6. The zero-order valence-corrected chi connectivity index (χ0v) is 20.8. The zero-order valence-electron chi connectivity index (χ0n) is 20.8. The first-order valence-corrected chi connectivity index (χ1v) is 12.8. The van der Waals surface area contributed by atoms with Crippen LogP contribution in [-0.2, 0) is 28.6 Å². The van der Waals surface area contributed by atoms with Crippen molar-refractivity contribution in [3.05, 3.63) is 35.3 Å². The maximum atomic E-state index is 14.1. The number of methoxy groups -OCH3 is 1. The van der Waals surface area contributed by atoms with Crippen LogP contribution < -0.4 is 0 Å². The van der Waals surface area contributed by atoms with Crippen molar-refractivity contribution < 1.29 is 33.0 Å². The number of Topliss-reactive ketones (excluding diaryl/α,β-unsaturated/α-hetero) is 1. The van der Waals surface area contributed by atoms with Crippen molar-refractivity contribution in [3.8, 4) is 0 Å². The van der Waals surface area contributed by atoms with E-state index in [4.69, 9.17) is 18.6 Å². The Kier molecular flexibility index (Phi) is 4.04. The molecule has 0 amide bonds. The fourth-order valence-electron chi connectivity index (χ4n) is 9.74. The molecular formula is C28H32O7. The standard InChI is InChI=1S/C28H32O7/c1-12-14(13-6-7-33-11-13)9-17-20(12)27(3)18(10-19(29)32-5)28(4)22-21(24(27)34-17)35-25(31)26(22,2)16-8-15(16)23(28)30/h6-7,11,14-18,21-22,24H,8-10H2,1-5H3/t14-,15?,16?,17+,18+,21-,22?,24-,26-,27-,28-/m1/s1. The minimum atomic E-state index is -0.887. The summed E-state index contributed by atoms with van der Waals surface area (Å²) >= 11 is 0. The van der Waals surface area contributed by atoms with Gasteiger partial charge in [0.2, 0.25) is 0 Å². The summed E-state index contributed by atoms with van der Waals surface area (Å²) in [5.74, 6) is -0.967. The van der Waals surface area contributed by atoms with E-state index in [1.807, 2.05) is 19.9 Å². The average molecular weight is 481 g/mol. The molecule has 3 unspecified atom stereocenters. The number of rotatable bonds is 3.